The van der Waals surface area contributed by atoms with Gasteiger partial charge >= 0.3 is 0 Å². The summed E-state index contributed by atoms with van der Waals surface area (Å²) in [7, 11) is 0. The Morgan fingerprint density at radius 3 is 3.06 bits per heavy atom. The number of ether oxygens (including phenoxy) is 1. The largest absolute Gasteiger partial charge is 0.394 e. The van der Waals surface area contributed by atoms with Gasteiger partial charge in [0.2, 0.25) is 5.91 Å². The fraction of sp³-hybridized carbons (Fsp3) is 0.917. The highest BCUT2D eigenvalue weighted by atomic mass is 16.5. The maximum Gasteiger partial charge on any atom is 0.227 e. The van der Waals surface area contributed by atoms with Crippen LogP contribution in [0.1, 0.15) is 13.3 Å². The van der Waals surface area contributed by atoms with E-state index in [9.17, 15) is 9.90 Å². The highest BCUT2D eigenvalue weighted by Crippen LogP contribution is 2.20. The van der Waals surface area contributed by atoms with Crippen LogP contribution in [-0.4, -0.2) is 61.4 Å². The van der Waals surface area contributed by atoms with Gasteiger partial charge in [-0.3, -0.25) is 4.79 Å². The Bertz CT molecular complexity index is 272. The second kappa shape index (κ2) is 5.80. The molecule has 0 saturated carbocycles. The van der Waals surface area contributed by atoms with Crippen molar-refractivity contribution in [2.45, 2.75) is 19.4 Å². The molecule has 98 valence electrons. The van der Waals surface area contributed by atoms with Crippen LogP contribution in [0.5, 0.6) is 0 Å². The Hall–Kier alpha value is -0.650. The molecule has 2 fully saturated rings. The molecule has 5 heteroatoms. The minimum Gasteiger partial charge on any atom is -0.394 e. The van der Waals surface area contributed by atoms with E-state index < -0.39 is 0 Å². The first-order valence-electron chi connectivity index (χ1n) is 6.42. The van der Waals surface area contributed by atoms with Crippen LogP contribution in [0.3, 0.4) is 0 Å². The summed E-state index contributed by atoms with van der Waals surface area (Å²) >= 11 is 0. The summed E-state index contributed by atoms with van der Waals surface area (Å²) in [6.45, 7) is 5.55. The predicted molar refractivity (Wildman–Crippen MR) is 63.5 cm³/mol. The van der Waals surface area contributed by atoms with Crippen molar-refractivity contribution in [2.24, 2.45) is 11.8 Å². The Morgan fingerprint density at radius 2 is 2.35 bits per heavy atom. The molecule has 5 nitrogen and oxygen atoms in total. The smallest absolute Gasteiger partial charge is 0.227 e. The van der Waals surface area contributed by atoms with Gasteiger partial charge in [-0.15, -0.1) is 0 Å². The Labute approximate surface area is 102 Å². The first-order valence-corrected chi connectivity index (χ1v) is 6.42. The Balaban J connectivity index is 1.97. The van der Waals surface area contributed by atoms with E-state index in [0.29, 0.717) is 25.7 Å². The Kier molecular flexibility index (Phi) is 4.36. The standard InChI is InChI=1S/C12H22N2O3/c1-9-4-10(6-13-5-9)12(16)14-2-3-17-8-11(14)7-15/h9-11,13,15H,2-8H2,1H3. The third kappa shape index (κ3) is 2.97. The zero-order valence-electron chi connectivity index (χ0n) is 10.4. The molecule has 3 unspecified atom stereocenters. The Morgan fingerprint density at radius 1 is 1.53 bits per heavy atom. The molecule has 0 radical (unpaired) electrons. The van der Waals surface area contributed by atoms with Gasteiger partial charge in [-0.25, -0.2) is 0 Å². The molecule has 0 aromatic heterocycles. The van der Waals surface area contributed by atoms with E-state index in [0.717, 1.165) is 19.5 Å². The molecule has 0 aromatic carbocycles. The van der Waals surface area contributed by atoms with E-state index in [2.05, 4.69) is 12.2 Å². The van der Waals surface area contributed by atoms with E-state index in [1.807, 2.05) is 0 Å². The lowest BCUT2D eigenvalue weighted by Gasteiger charge is -2.38. The topological polar surface area (TPSA) is 61.8 Å². The number of aliphatic hydroxyl groups excluding tert-OH is 1. The van der Waals surface area contributed by atoms with Crippen LogP contribution < -0.4 is 5.32 Å². The van der Waals surface area contributed by atoms with Gasteiger partial charge < -0.3 is 20.1 Å². The van der Waals surface area contributed by atoms with Crippen molar-refractivity contribution < 1.29 is 14.6 Å². The lowest BCUT2D eigenvalue weighted by Crippen LogP contribution is -2.54. The number of hydrogen-bond donors (Lipinski definition) is 2. The zero-order chi connectivity index (χ0) is 12.3. The second-order valence-corrected chi connectivity index (χ2v) is 5.14. The van der Waals surface area contributed by atoms with Crippen molar-refractivity contribution in [1.29, 1.82) is 0 Å². The highest BCUT2D eigenvalue weighted by Gasteiger charge is 2.33. The number of aliphatic hydroxyl groups is 1. The molecule has 0 spiro atoms. The molecule has 0 aromatic rings. The summed E-state index contributed by atoms with van der Waals surface area (Å²) in [5.41, 5.74) is 0. The van der Waals surface area contributed by atoms with Crippen LogP contribution in [-0.2, 0) is 9.53 Å². The SMILES string of the molecule is CC1CNCC(C(=O)N2CCOCC2CO)C1. The van der Waals surface area contributed by atoms with Crippen LogP contribution in [0.15, 0.2) is 0 Å². The minimum absolute atomic E-state index is 0.0125. The van der Waals surface area contributed by atoms with Crippen LogP contribution in [0.4, 0.5) is 0 Å². The molecule has 1 amide bonds. The average molecular weight is 242 g/mol. The van der Waals surface area contributed by atoms with Gasteiger partial charge in [-0.1, -0.05) is 6.92 Å². The van der Waals surface area contributed by atoms with Crippen molar-refractivity contribution in [1.82, 2.24) is 10.2 Å². The summed E-state index contributed by atoms with van der Waals surface area (Å²) < 4.78 is 5.29. The monoisotopic (exact) mass is 242 g/mol. The molecular formula is C12H22N2O3. The number of amides is 1. The number of nitrogens with zero attached hydrogens (tertiary/aromatic N) is 1. The average Bonchev–Trinajstić information content (AvgIpc) is 2.38. The molecule has 0 aliphatic carbocycles. The quantitative estimate of drug-likeness (QED) is 0.682. The predicted octanol–water partition coefficient (Wildman–Crippen LogP) is -0.548. The molecule has 2 N–H and O–H groups in total. The van der Waals surface area contributed by atoms with Crippen LogP contribution in [0.2, 0.25) is 0 Å². The maximum absolute atomic E-state index is 12.4. The molecule has 3 atom stereocenters. The van der Waals surface area contributed by atoms with Gasteiger partial charge in [0.25, 0.3) is 0 Å². The third-order valence-corrected chi connectivity index (χ3v) is 3.64. The number of carbonyl (C=O) groups excluding carboxylic acids is 1. The molecule has 2 aliphatic heterocycles. The van der Waals surface area contributed by atoms with E-state index in [4.69, 9.17) is 4.74 Å². The van der Waals surface area contributed by atoms with Gasteiger partial charge in [-0.05, 0) is 18.9 Å². The van der Waals surface area contributed by atoms with Crippen LogP contribution in [0.25, 0.3) is 0 Å². The van der Waals surface area contributed by atoms with Gasteiger partial charge in [-0.2, -0.15) is 0 Å². The fourth-order valence-corrected chi connectivity index (χ4v) is 2.68. The summed E-state index contributed by atoms with van der Waals surface area (Å²) in [6, 6.07) is -0.159. The number of morpholine rings is 1. The molecule has 2 heterocycles. The number of carbonyl (C=O) groups is 1. The molecule has 2 saturated heterocycles. The molecular weight excluding hydrogens is 220 g/mol. The summed E-state index contributed by atoms with van der Waals surface area (Å²) in [6.07, 6.45) is 0.946. The lowest BCUT2D eigenvalue weighted by atomic mass is 9.90. The van der Waals surface area contributed by atoms with Crippen molar-refractivity contribution in [3.63, 3.8) is 0 Å². The normalized spacial score (nSPS) is 34.7. The van der Waals surface area contributed by atoms with Crippen molar-refractivity contribution in [3.05, 3.63) is 0 Å². The van der Waals surface area contributed by atoms with Crippen LogP contribution >= 0.6 is 0 Å². The van der Waals surface area contributed by atoms with Crippen molar-refractivity contribution >= 4 is 5.91 Å². The van der Waals surface area contributed by atoms with Gasteiger partial charge in [0.15, 0.2) is 0 Å². The maximum atomic E-state index is 12.4. The van der Waals surface area contributed by atoms with E-state index in [1.165, 1.54) is 0 Å². The van der Waals surface area contributed by atoms with Gasteiger partial charge in [0.1, 0.15) is 0 Å². The molecule has 0 bridgehead atoms. The molecule has 2 aliphatic rings. The van der Waals surface area contributed by atoms with Gasteiger partial charge in [0.05, 0.1) is 31.8 Å². The van der Waals surface area contributed by atoms with Crippen LogP contribution in [0, 0.1) is 11.8 Å². The summed E-state index contributed by atoms with van der Waals surface area (Å²) in [5.74, 6) is 0.781. The lowest BCUT2D eigenvalue weighted by molar-refractivity contribution is -0.147. The zero-order valence-corrected chi connectivity index (χ0v) is 10.4. The van der Waals surface area contributed by atoms with E-state index >= 15 is 0 Å². The fourth-order valence-electron chi connectivity index (χ4n) is 2.68. The third-order valence-electron chi connectivity index (χ3n) is 3.64. The summed E-state index contributed by atoms with van der Waals surface area (Å²) in [4.78, 5) is 14.2. The number of nitrogens with one attached hydrogen (secondary N) is 1. The van der Waals surface area contributed by atoms with E-state index in [1.54, 1.807) is 4.90 Å². The summed E-state index contributed by atoms with van der Waals surface area (Å²) in [5, 5.41) is 12.6. The number of rotatable bonds is 2. The minimum atomic E-state index is -0.159. The molecule has 2 rings (SSSR count). The van der Waals surface area contributed by atoms with Gasteiger partial charge in [0, 0.05) is 13.1 Å². The number of piperidine rings is 1. The van der Waals surface area contributed by atoms with Crippen molar-refractivity contribution in [2.75, 3.05) is 39.5 Å². The molecule has 17 heavy (non-hydrogen) atoms. The first kappa shape index (κ1) is 12.8. The first-order chi connectivity index (χ1) is 8.22. The number of hydrogen-bond acceptors (Lipinski definition) is 4. The van der Waals surface area contributed by atoms with Crippen molar-refractivity contribution in [3.8, 4) is 0 Å². The van der Waals surface area contributed by atoms with E-state index in [-0.39, 0.29) is 24.5 Å². The second-order valence-electron chi connectivity index (χ2n) is 5.14. The highest BCUT2D eigenvalue weighted by molar-refractivity contribution is 5.79.